The summed E-state index contributed by atoms with van der Waals surface area (Å²) in [5.74, 6) is -0.0679. The molecule has 1 atom stereocenters. The first-order valence-electron chi connectivity index (χ1n) is 7.73. The maximum Gasteiger partial charge on any atom is 0.261 e. The number of ether oxygens (including phenoxy) is 1. The Kier molecular flexibility index (Phi) is 7.71. The first kappa shape index (κ1) is 20.5. The lowest BCUT2D eigenvalue weighted by Crippen LogP contribution is -2.35. The number of hydrogen-bond donors (Lipinski definition) is 3. The molecule has 140 valence electrons. The molecule has 1 aromatic carbocycles. The minimum Gasteiger partial charge on any atom is -0.489 e. The summed E-state index contributed by atoms with van der Waals surface area (Å²) < 4.78 is 5.42. The molecule has 0 spiro atoms. The molecule has 0 aliphatic carbocycles. The van der Waals surface area contributed by atoms with E-state index in [0.717, 1.165) is 4.88 Å². The van der Waals surface area contributed by atoms with Crippen molar-refractivity contribution >= 4 is 46.4 Å². The highest BCUT2D eigenvalue weighted by Gasteiger charge is 2.13. The average Bonchev–Trinajstić information content (AvgIpc) is 3.08. The van der Waals surface area contributed by atoms with E-state index in [0.29, 0.717) is 22.2 Å². The van der Waals surface area contributed by atoms with E-state index in [1.807, 2.05) is 0 Å². The van der Waals surface area contributed by atoms with Crippen molar-refractivity contribution in [1.82, 2.24) is 10.6 Å². The third-order valence-electron chi connectivity index (χ3n) is 3.24. The number of rotatable bonds is 8. The van der Waals surface area contributed by atoms with Crippen LogP contribution < -0.4 is 15.4 Å². The smallest absolute Gasteiger partial charge is 0.261 e. The highest BCUT2D eigenvalue weighted by Crippen LogP contribution is 2.31. The zero-order chi connectivity index (χ0) is 19.1. The monoisotopic (exact) mass is 416 g/mol. The highest BCUT2D eigenvalue weighted by atomic mass is 35.5. The minimum absolute atomic E-state index is 0.0238. The number of nitrogens with one attached hydrogen (secondary N) is 2. The summed E-state index contributed by atoms with van der Waals surface area (Å²) >= 11 is 13.2. The fourth-order valence-electron chi connectivity index (χ4n) is 1.94. The molecule has 9 heteroatoms. The Bertz CT molecular complexity index is 782. The lowest BCUT2D eigenvalue weighted by atomic mass is 10.3. The Morgan fingerprint density at radius 1 is 1.23 bits per heavy atom. The van der Waals surface area contributed by atoms with Crippen molar-refractivity contribution in [3.05, 3.63) is 50.1 Å². The second-order valence-electron chi connectivity index (χ2n) is 5.40. The molecule has 6 nitrogen and oxygen atoms in total. The van der Waals surface area contributed by atoms with E-state index in [4.69, 9.17) is 27.9 Å². The van der Waals surface area contributed by atoms with Crippen LogP contribution >= 0.6 is 34.5 Å². The second kappa shape index (κ2) is 9.78. The summed E-state index contributed by atoms with van der Waals surface area (Å²) in [6.45, 7) is 1.79. The molecule has 0 fully saturated rings. The van der Waals surface area contributed by atoms with E-state index in [-0.39, 0.29) is 30.0 Å². The van der Waals surface area contributed by atoms with Gasteiger partial charge in [-0.05, 0) is 24.3 Å². The fourth-order valence-corrected chi connectivity index (χ4v) is 3.15. The van der Waals surface area contributed by atoms with E-state index in [9.17, 15) is 14.7 Å². The van der Waals surface area contributed by atoms with Gasteiger partial charge in [-0.25, -0.2) is 0 Å². The molecule has 2 aromatic rings. The van der Waals surface area contributed by atoms with Gasteiger partial charge < -0.3 is 20.5 Å². The lowest BCUT2D eigenvalue weighted by molar-refractivity contribution is -0.119. The van der Waals surface area contributed by atoms with Crippen LogP contribution in [0.5, 0.6) is 5.75 Å². The van der Waals surface area contributed by atoms with Gasteiger partial charge in [-0.2, -0.15) is 0 Å². The third-order valence-corrected chi connectivity index (χ3v) is 5.13. The maximum atomic E-state index is 12.1. The van der Waals surface area contributed by atoms with E-state index in [2.05, 4.69) is 10.6 Å². The topological polar surface area (TPSA) is 87.7 Å². The fraction of sp³-hybridized carbons (Fsp3) is 0.294. The van der Waals surface area contributed by atoms with E-state index < -0.39 is 6.10 Å². The predicted molar refractivity (Wildman–Crippen MR) is 102 cm³/mol. The minimum atomic E-state index is -0.909. The molecule has 0 saturated heterocycles. The molecule has 0 aliphatic rings. The first-order valence-corrected chi connectivity index (χ1v) is 9.30. The van der Waals surface area contributed by atoms with Crippen molar-refractivity contribution in [3.63, 3.8) is 0 Å². The van der Waals surface area contributed by atoms with E-state index >= 15 is 0 Å². The van der Waals surface area contributed by atoms with Gasteiger partial charge in [-0.15, -0.1) is 11.3 Å². The standard InChI is InChI=1S/C17H18Cl2N2O4S/c1-10(22)20-8-12-5-6-15(26-12)17(24)21-7-11(23)9-25-14-4-2-3-13(18)16(14)19/h2-6,11,23H,7-9H2,1H3,(H,20,22)(H,21,24). The van der Waals surface area contributed by atoms with Gasteiger partial charge in [0.15, 0.2) is 0 Å². The number of thiophene rings is 1. The van der Waals surface area contributed by atoms with Crippen LogP contribution in [0.25, 0.3) is 0 Å². The zero-order valence-corrected chi connectivity index (χ0v) is 16.2. The zero-order valence-electron chi connectivity index (χ0n) is 13.9. The molecular formula is C17H18Cl2N2O4S. The maximum absolute atomic E-state index is 12.1. The van der Waals surface area contributed by atoms with Crippen molar-refractivity contribution in [1.29, 1.82) is 0 Å². The van der Waals surface area contributed by atoms with Gasteiger partial charge in [-0.1, -0.05) is 29.3 Å². The molecule has 2 rings (SSSR count). The Hall–Kier alpha value is -1.80. The van der Waals surface area contributed by atoms with E-state index in [1.165, 1.54) is 18.3 Å². The Labute approximate surface area is 165 Å². The van der Waals surface area contributed by atoms with E-state index in [1.54, 1.807) is 30.3 Å². The summed E-state index contributed by atoms with van der Waals surface area (Å²) in [5, 5.41) is 15.9. The third kappa shape index (κ3) is 6.17. The van der Waals surface area contributed by atoms with Gasteiger partial charge in [-0.3, -0.25) is 9.59 Å². The second-order valence-corrected chi connectivity index (χ2v) is 7.36. The predicted octanol–water partition coefficient (Wildman–Crippen LogP) is 2.86. The van der Waals surface area contributed by atoms with Gasteiger partial charge in [0.05, 0.1) is 16.4 Å². The molecule has 26 heavy (non-hydrogen) atoms. The molecule has 2 amide bonds. The van der Waals surface area contributed by atoms with Crippen LogP contribution in [-0.4, -0.2) is 36.2 Å². The van der Waals surface area contributed by atoms with Crippen molar-refractivity contribution in [2.45, 2.75) is 19.6 Å². The molecule has 1 aromatic heterocycles. The normalized spacial score (nSPS) is 11.7. The van der Waals surface area contributed by atoms with Gasteiger partial charge in [0.2, 0.25) is 5.91 Å². The van der Waals surface area contributed by atoms with Crippen molar-refractivity contribution in [2.75, 3.05) is 13.2 Å². The Balaban J connectivity index is 1.78. The highest BCUT2D eigenvalue weighted by molar-refractivity contribution is 7.14. The number of amides is 2. The van der Waals surface area contributed by atoms with Crippen LogP contribution in [0, 0.1) is 0 Å². The Morgan fingerprint density at radius 3 is 2.73 bits per heavy atom. The van der Waals surface area contributed by atoms with Crippen LogP contribution in [0.1, 0.15) is 21.5 Å². The van der Waals surface area contributed by atoms with Crippen LogP contribution in [-0.2, 0) is 11.3 Å². The number of carbonyl (C=O) groups excluding carboxylic acids is 2. The van der Waals surface area contributed by atoms with Gasteiger partial charge >= 0.3 is 0 Å². The van der Waals surface area contributed by atoms with Crippen LogP contribution in [0.4, 0.5) is 0 Å². The number of carbonyl (C=O) groups is 2. The van der Waals surface area contributed by atoms with Crippen molar-refractivity contribution in [3.8, 4) is 5.75 Å². The molecule has 1 heterocycles. The summed E-state index contributed by atoms with van der Waals surface area (Å²) in [6.07, 6.45) is -0.909. The number of benzene rings is 1. The lowest BCUT2D eigenvalue weighted by Gasteiger charge is -2.14. The summed E-state index contributed by atoms with van der Waals surface area (Å²) in [5.41, 5.74) is 0. The van der Waals surface area contributed by atoms with Gasteiger partial charge in [0.1, 0.15) is 23.5 Å². The molecule has 0 aliphatic heterocycles. The first-order chi connectivity index (χ1) is 12.4. The van der Waals surface area contributed by atoms with Gasteiger partial charge in [0, 0.05) is 18.3 Å². The van der Waals surface area contributed by atoms with Crippen molar-refractivity contribution < 1.29 is 19.4 Å². The number of aliphatic hydroxyl groups is 1. The molecule has 1 unspecified atom stereocenters. The summed E-state index contributed by atoms with van der Waals surface area (Å²) in [6, 6.07) is 8.41. The van der Waals surface area contributed by atoms with Crippen molar-refractivity contribution in [2.24, 2.45) is 0 Å². The summed E-state index contributed by atoms with van der Waals surface area (Å²) in [7, 11) is 0. The molecule has 0 saturated carbocycles. The van der Waals surface area contributed by atoms with Crippen LogP contribution in [0.2, 0.25) is 10.0 Å². The number of aliphatic hydroxyl groups excluding tert-OH is 1. The Morgan fingerprint density at radius 2 is 2.00 bits per heavy atom. The molecular weight excluding hydrogens is 399 g/mol. The van der Waals surface area contributed by atoms with Crippen LogP contribution in [0.15, 0.2) is 30.3 Å². The largest absolute Gasteiger partial charge is 0.489 e. The SMILES string of the molecule is CC(=O)NCc1ccc(C(=O)NCC(O)COc2cccc(Cl)c2Cl)s1. The quantitative estimate of drug-likeness (QED) is 0.617. The average molecular weight is 417 g/mol. The van der Waals surface area contributed by atoms with Gasteiger partial charge in [0.25, 0.3) is 5.91 Å². The number of halogens is 2. The molecule has 3 N–H and O–H groups in total. The molecule has 0 bridgehead atoms. The number of hydrogen-bond acceptors (Lipinski definition) is 5. The molecule has 0 radical (unpaired) electrons. The van der Waals surface area contributed by atoms with Crippen LogP contribution in [0.3, 0.4) is 0 Å². The summed E-state index contributed by atoms with van der Waals surface area (Å²) in [4.78, 5) is 24.4.